The first-order chi connectivity index (χ1) is 10.2. The van der Waals surface area contributed by atoms with Crippen molar-refractivity contribution in [2.45, 2.75) is 45.2 Å². The molecule has 3 rings (SSSR count). The van der Waals surface area contributed by atoms with Gasteiger partial charge in [-0.05, 0) is 38.0 Å². The molecule has 5 nitrogen and oxygen atoms in total. The summed E-state index contributed by atoms with van der Waals surface area (Å²) in [4.78, 5) is 7.22. The van der Waals surface area contributed by atoms with Gasteiger partial charge in [0.25, 0.3) is 0 Å². The van der Waals surface area contributed by atoms with E-state index in [4.69, 9.17) is 15.5 Å². The Balaban J connectivity index is 1.72. The number of fused-ring (bicyclic) bond motifs is 1. The van der Waals surface area contributed by atoms with Crippen LogP contribution in [0.15, 0.2) is 6.20 Å². The standard InChI is InChI=1S/C16H28N4O/c1-12-9-19(7-4-8-21-2)16(18-12)20-10-13-5-3-6-15(17)14(13)11-20/h9,13-15H,3-8,10-11,17H2,1-2H3. The maximum absolute atomic E-state index is 6.33. The molecule has 2 fully saturated rings. The predicted octanol–water partition coefficient (Wildman–Crippen LogP) is 1.79. The van der Waals surface area contributed by atoms with Gasteiger partial charge in [0, 0.05) is 45.6 Å². The van der Waals surface area contributed by atoms with Crippen LogP contribution in [0.4, 0.5) is 5.95 Å². The number of ether oxygens (including phenoxy) is 1. The maximum atomic E-state index is 6.33. The van der Waals surface area contributed by atoms with Crippen LogP contribution in [-0.4, -0.2) is 42.4 Å². The lowest BCUT2D eigenvalue weighted by Gasteiger charge is -2.29. The average molecular weight is 292 g/mol. The lowest BCUT2D eigenvalue weighted by Crippen LogP contribution is -2.38. The van der Waals surface area contributed by atoms with Crippen LogP contribution in [0.2, 0.25) is 0 Å². The molecule has 5 heteroatoms. The quantitative estimate of drug-likeness (QED) is 0.841. The van der Waals surface area contributed by atoms with Crippen molar-refractivity contribution < 1.29 is 4.74 Å². The molecule has 3 unspecified atom stereocenters. The molecule has 0 bridgehead atoms. The Morgan fingerprint density at radius 2 is 2.24 bits per heavy atom. The number of aryl methyl sites for hydroxylation is 2. The molecule has 3 atom stereocenters. The number of hydrogen-bond acceptors (Lipinski definition) is 4. The number of nitrogens with two attached hydrogens (primary N) is 1. The van der Waals surface area contributed by atoms with E-state index in [1.807, 2.05) is 0 Å². The molecule has 21 heavy (non-hydrogen) atoms. The summed E-state index contributed by atoms with van der Waals surface area (Å²) in [5, 5.41) is 0. The van der Waals surface area contributed by atoms with Gasteiger partial charge in [0.2, 0.25) is 5.95 Å². The van der Waals surface area contributed by atoms with Gasteiger partial charge in [-0.3, -0.25) is 0 Å². The van der Waals surface area contributed by atoms with Gasteiger partial charge in [-0.1, -0.05) is 6.42 Å². The van der Waals surface area contributed by atoms with Gasteiger partial charge in [0.1, 0.15) is 0 Å². The van der Waals surface area contributed by atoms with E-state index in [1.165, 1.54) is 19.3 Å². The number of aromatic nitrogens is 2. The SMILES string of the molecule is COCCCn1cc(C)nc1N1CC2CCCC(N)C2C1. The highest BCUT2D eigenvalue weighted by Crippen LogP contribution is 2.37. The lowest BCUT2D eigenvalue weighted by molar-refractivity contribution is 0.190. The fourth-order valence-corrected chi connectivity index (χ4v) is 4.01. The summed E-state index contributed by atoms with van der Waals surface area (Å²) in [6.07, 6.45) is 7.00. The number of hydrogen-bond donors (Lipinski definition) is 1. The van der Waals surface area contributed by atoms with Crippen LogP contribution in [0.5, 0.6) is 0 Å². The second kappa shape index (κ2) is 6.36. The molecule has 1 aliphatic carbocycles. The van der Waals surface area contributed by atoms with Crippen molar-refractivity contribution >= 4 is 5.95 Å². The normalized spacial score (nSPS) is 28.9. The number of rotatable bonds is 5. The summed E-state index contributed by atoms with van der Waals surface area (Å²) in [5.74, 6) is 2.55. The fourth-order valence-electron chi connectivity index (χ4n) is 4.01. The first-order valence-corrected chi connectivity index (χ1v) is 8.22. The summed E-state index contributed by atoms with van der Waals surface area (Å²) in [6.45, 7) is 6.05. The summed E-state index contributed by atoms with van der Waals surface area (Å²) < 4.78 is 7.45. The van der Waals surface area contributed by atoms with Crippen molar-refractivity contribution in [1.82, 2.24) is 9.55 Å². The molecule has 1 aromatic heterocycles. The Bertz CT molecular complexity index is 473. The van der Waals surface area contributed by atoms with Gasteiger partial charge in [0.05, 0.1) is 5.69 Å². The van der Waals surface area contributed by atoms with Crippen LogP contribution in [0.3, 0.4) is 0 Å². The van der Waals surface area contributed by atoms with Crippen LogP contribution in [0, 0.1) is 18.8 Å². The Labute approximate surface area is 127 Å². The van der Waals surface area contributed by atoms with Gasteiger partial charge in [-0.2, -0.15) is 0 Å². The van der Waals surface area contributed by atoms with Crippen molar-refractivity contribution in [3.63, 3.8) is 0 Å². The van der Waals surface area contributed by atoms with Gasteiger partial charge < -0.3 is 19.9 Å². The lowest BCUT2D eigenvalue weighted by atomic mass is 9.78. The minimum absolute atomic E-state index is 0.381. The van der Waals surface area contributed by atoms with Crippen LogP contribution in [-0.2, 0) is 11.3 Å². The van der Waals surface area contributed by atoms with Crippen LogP contribution in [0.1, 0.15) is 31.4 Å². The third kappa shape index (κ3) is 3.09. The topological polar surface area (TPSA) is 56.3 Å². The van der Waals surface area contributed by atoms with E-state index < -0.39 is 0 Å². The highest BCUT2D eigenvalue weighted by atomic mass is 16.5. The third-order valence-electron chi connectivity index (χ3n) is 5.06. The van der Waals surface area contributed by atoms with Crippen LogP contribution >= 0.6 is 0 Å². The van der Waals surface area contributed by atoms with Gasteiger partial charge in [0.15, 0.2) is 0 Å². The monoisotopic (exact) mass is 292 g/mol. The second-order valence-corrected chi connectivity index (χ2v) is 6.65. The minimum Gasteiger partial charge on any atom is -0.385 e. The van der Waals surface area contributed by atoms with Crippen molar-refractivity contribution in [1.29, 1.82) is 0 Å². The molecular formula is C16H28N4O. The molecule has 2 aliphatic rings. The molecular weight excluding hydrogens is 264 g/mol. The fraction of sp³-hybridized carbons (Fsp3) is 0.812. The minimum atomic E-state index is 0.381. The highest BCUT2D eigenvalue weighted by Gasteiger charge is 2.39. The molecule has 2 heterocycles. The molecule has 0 spiro atoms. The third-order valence-corrected chi connectivity index (χ3v) is 5.06. The Morgan fingerprint density at radius 1 is 1.38 bits per heavy atom. The van der Waals surface area contributed by atoms with Crippen molar-refractivity contribution in [2.24, 2.45) is 17.6 Å². The number of methoxy groups -OCH3 is 1. The summed E-state index contributed by atoms with van der Waals surface area (Å²) in [5.41, 5.74) is 7.43. The van der Waals surface area contributed by atoms with Crippen LogP contribution in [0.25, 0.3) is 0 Å². The molecule has 2 N–H and O–H groups in total. The Kier molecular flexibility index (Phi) is 4.50. The van der Waals surface area contributed by atoms with Crippen molar-refractivity contribution in [3.8, 4) is 0 Å². The molecule has 118 valence electrons. The zero-order valence-electron chi connectivity index (χ0n) is 13.3. The molecule has 1 aromatic rings. The van der Waals surface area contributed by atoms with Gasteiger partial charge >= 0.3 is 0 Å². The highest BCUT2D eigenvalue weighted by molar-refractivity contribution is 5.36. The van der Waals surface area contributed by atoms with E-state index in [1.54, 1.807) is 7.11 Å². The van der Waals surface area contributed by atoms with Crippen LogP contribution < -0.4 is 10.6 Å². The first-order valence-electron chi connectivity index (χ1n) is 8.22. The van der Waals surface area contributed by atoms with E-state index in [-0.39, 0.29) is 0 Å². The van der Waals surface area contributed by atoms with Crippen molar-refractivity contribution in [3.05, 3.63) is 11.9 Å². The number of nitrogens with zero attached hydrogens (tertiary/aromatic N) is 3. The zero-order valence-corrected chi connectivity index (χ0v) is 13.3. The molecule has 0 amide bonds. The molecule has 0 aromatic carbocycles. The Hall–Kier alpha value is -1.07. The van der Waals surface area contributed by atoms with E-state index in [9.17, 15) is 0 Å². The summed E-state index contributed by atoms with van der Waals surface area (Å²) in [7, 11) is 1.76. The largest absolute Gasteiger partial charge is 0.385 e. The van der Waals surface area contributed by atoms with Gasteiger partial charge in [-0.25, -0.2) is 4.98 Å². The molecule has 1 saturated carbocycles. The molecule has 1 saturated heterocycles. The predicted molar refractivity (Wildman–Crippen MR) is 84.5 cm³/mol. The molecule has 1 aliphatic heterocycles. The van der Waals surface area contributed by atoms with Crippen molar-refractivity contribution in [2.75, 3.05) is 31.7 Å². The maximum Gasteiger partial charge on any atom is 0.205 e. The second-order valence-electron chi connectivity index (χ2n) is 6.65. The Morgan fingerprint density at radius 3 is 3.00 bits per heavy atom. The smallest absolute Gasteiger partial charge is 0.205 e. The summed E-state index contributed by atoms with van der Waals surface area (Å²) >= 11 is 0. The van der Waals surface area contributed by atoms with E-state index in [2.05, 4.69) is 22.6 Å². The van der Waals surface area contributed by atoms with E-state index in [0.29, 0.717) is 12.0 Å². The summed E-state index contributed by atoms with van der Waals surface area (Å²) in [6, 6.07) is 0.381. The number of imidazole rings is 1. The average Bonchev–Trinajstić information content (AvgIpc) is 3.03. The van der Waals surface area contributed by atoms with E-state index >= 15 is 0 Å². The first kappa shape index (κ1) is 14.9. The van der Waals surface area contributed by atoms with Gasteiger partial charge in [-0.15, -0.1) is 0 Å². The zero-order chi connectivity index (χ0) is 14.8. The molecule has 0 radical (unpaired) electrons. The number of anilines is 1. The van der Waals surface area contributed by atoms with E-state index in [0.717, 1.165) is 50.2 Å².